The molecule has 0 N–H and O–H groups in total. The van der Waals surface area contributed by atoms with E-state index in [4.69, 9.17) is 0 Å². The van der Waals surface area contributed by atoms with Crippen LogP contribution in [0.5, 0.6) is 0 Å². The molecular weight excluding hydrogens is 367 g/mol. The van der Waals surface area contributed by atoms with Gasteiger partial charge in [0.05, 0.1) is 0 Å². The second-order valence-electron chi connectivity index (χ2n) is 7.10. The number of likely N-dealkylation sites (tertiary alicyclic amines) is 1. The summed E-state index contributed by atoms with van der Waals surface area (Å²) in [5, 5.41) is 6.30. The van der Waals surface area contributed by atoms with Crippen LogP contribution >= 0.6 is 11.3 Å². The number of aromatic nitrogens is 2. The zero-order valence-corrected chi connectivity index (χ0v) is 15.8. The summed E-state index contributed by atoms with van der Waals surface area (Å²) in [7, 11) is 2.08. The maximum absolute atomic E-state index is 12.9. The average Bonchev–Trinajstić information content (AvgIpc) is 2.96. The molecule has 3 rings (SSSR count). The number of hydrogen-bond donors (Lipinski definition) is 0. The lowest BCUT2D eigenvalue weighted by Gasteiger charge is -2.36. The van der Waals surface area contributed by atoms with Gasteiger partial charge in [0.2, 0.25) is 16.0 Å². The summed E-state index contributed by atoms with van der Waals surface area (Å²) in [6.07, 6.45) is -2.02. The van der Waals surface area contributed by atoms with Gasteiger partial charge in [0, 0.05) is 38.1 Å². The van der Waals surface area contributed by atoms with E-state index in [1.165, 1.54) is 0 Å². The zero-order chi connectivity index (χ0) is 18.9. The second kappa shape index (κ2) is 7.67. The fourth-order valence-electron chi connectivity index (χ4n) is 3.56. The van der Waals surface area contributed by atoms with Gasteiger partial charge in [-0.15, -0.1) is 10.2 Å². The van der Waals surface area contributed by atoms with Crippen LogP contribution in [0.25, 0.3) is 0 Å². The lowest BCUT2D eigenvalue weighted by Crippen LogP contribution is -2.45. The van der Waals surface area contributed by atoms with Crippen LogP contribution in [0.2, 0.25) is 0 Å². The van der Waals surface area contributed by atoms with Gasteiger partial charge in [-0.05, 0) is 39.8 Å². The van der Waals surface area contributed by atoms with Crippen molar-refractivity contribution in [2.75, 3.05) is 44.7 Å². The molecular formula is C16H24F3N5OS. The molecule has 0 unspecified atom stereocenters. The minimum Gasteiger partial charge on any atom is -0.345 e. The van der Waals surface area contributed by atoms with Gasteiger partial charge in [0.15, 0.2) is 0 Å². The van der Waals surface area contributed by atoms with Gasteiger partial charge in [-0.25, -0.2) is 0 Å². The Balaban J connectivity index is 1.59. The normalized spacial score (nSPS) is 26.0. The van der Waals surface area contributed by atoms with E-state index in [0.29, 0.717) is 43.6 Å². The molecule has 2 atom stereocenters. The third kappa shape index (κ3) is 4.28. The summed E-state index contributed by atoms with van der Waals surface area (Å²) in [5.74, 6) is 0.228. The van der Waals surface area contributed by atoms with E-state index < -0.39 is 11.2 Å². The van der Waals surface area contributed by atoms with Crippen LogP contribution in [0, 0.1) is 5.92 Å². The number of nitrogens with zero attached hydrogens (tertiary/aromatic N) is 5. The molecule has 0 bridgehead atoms. The Kier molecular flexibility index (Phi) is 5.71. The number of anilines is 1. The fourth-order valence-corrected chi connectivity index (χ4v) is 4.32. The maximum Gasteiger partial charge on any atom is 0.445 e. The van der Waals surface area contributed by atoms with Crippen LogP contribution in [-0.2, 0) is 11.0 Å². The molecule has 10 heteroatoms. The Morgan fingerprint density at radius 2 is 1.92 bits per heavy atom. The van der Waals surface area contributed by atoms with Crippen LogP contribution in [0.3, 0.4) is 0 Å². The maximum atomic E-state index is 12.9. The molecule has 26 heavy (non-hydrogen) atoms. The van der Waals surface area contributed by atoms with Crippen LogP contribution in [-0.4, -0.2) is 71.7 Å². The molecule has 146 valence electrons. The molecule has 1 aromatic heterocycles. The number of hydrogen-bond acceptors (Lipinski definition) is 6. The fraction of sp³-hybridized carbons (Fsp3) is 0.812. The Bertz CT molecular complexity index is 638. The first-order chi connectivity index (χ1) is 12.3. The van der Waals surface area contributed by atoms with Gasteiger partial charge in [0.1, 0.15) is 0 Å². The summed E-state index contributed by atoms with van der Waals surface area (Å²) in [4.78, 5) is 18.8. The van der Waals surface area contributed by atoms with E-state index in [0.717, 1.165) is 25.8 Å². The largest absolute Gasteiger partial charge is 0.445 e. The number of carbonyl (C=O) groups is 1. The van der Waals surface area contributed by atoms with E-state index >= 15 is 0 Å². The summed E-state index contributed by atoms with van der Waals surface area (Å²) in [6, 6.07) is 0.392. The summed E-state index contributed by atoms with van der Waals surface area (Å²) in [5.41, 5.74) is 0. The standard InChI is InChI=1S/C16H24F3N5OS/c1-11-10-12(4-7-22(11)2)13(25)23-5-3-6-24(9-8-23)15-21-20-14(26-15)16(17,18)19/h11-12H,3-10H2,1-2H3/t11-,12-/m0/s1. The Morgan fingerprint density at radius 1 is 1.15 bits per heavy atom. The highest BCUT2D eigenvalue weighted by atomic mass is 32.1. The third-order valence-electron chi connectivity index (χ3n) is 5.29. The number of amides is 1. The summed E-state index contributed by atoms with van der Waals surface area (Å²) >= 11 is 0.564. The molecule has 2 fully saturated rings. The van der Waals surface area contributed by atoms with E-state index in [-0.39, 0.29) is 17.0 Å². The molecule has 3 heterocycles. The highest BCUT2D eigenvalue weighted by Gasteiger charge is 2.37. The van der Waals surface area contributed by atoms with Crippen LogP contribution in [0.4, 0.5) is 18.3 Å². The van der Waals surface area contributed by atoms with Gasteiger partial charge >= 0.3 is 6.18 Å². The Morgan fingerprint density at radius 3 is 2.58 bits per heavy atom. The predicted molar refractivity (Wildman–Crippen MR) is 93.1 cm³/mol. The van der Waals surface area contributed by atoms with Gasteiger partial charge in [-0.3, -0.25) is 4.79 Å². The molecule has 0 aromatic carbocycles. The Labute approximate surface area is 155 Å². The van der Waals surface area contributed by atoms with Crippen LogP contribution in [0.1, 0.15) is 31.2 Å². The number of rotatable bonds is 2. The van der Waals surface area contributed by atoms with Crippen molar-refractivity contribution >= 4 is 22.4 Å². The van der Waals surface area contributed by atoms with Gasteiger partial charge in [0.25, 0.3) is 0 Å². The first-order valence-corrected chi connectivity index (χ1v) is 9.72. The Hall–Kier alpha value is -1.42. The lowest BCUT2D eigenvalue weighted by molar-refractivity contribution is -0.138. The van der Waals surface area contributed by atoms with E-state index in [1.54, 1.807) is 4.90 Å². The molecule has 0 aliphatic carbocycles. The van der Waals surface area contributed by atoms with E-state index in [9.17, 15) is 18.0 Å². The lowest BCUT2D eigenvalue weighted by atomic mass is 9.90. The van der Waals surface area contributed by atoms with Crippen LogP contribution < -0.4 is 4.90 Å². The van der Waals surface area contributed by atoms with Crippen molar-refractivity contribution in [2.45, 2.75) is 38.4 Å². The van der Waals surface area contributed by atoms with E-state index in [2.05, 4.69) is 29.1 Å². The van der Waals surface area contributed by atoms with E-state index in [1.807, 2.05) is 4.90 Å². The predicted octanol–water partition coefficient (Wildman–Crippen LogP) is 2.33. The average molecular weight is 391 g/mol. The molecule has 2 aliphatic rings. The monoisotopic (exact) mass is 391 g/mol. The molecule has 0 spiro atoms. The summed E-state index contributed by atoms with van der Waals surface area (Å²) < 4.78 is 38.1. The molecule has 2 saturated heterocycles. The first-order valence-electron chi connectivity index (χ1n) is 8.90. The molecule has 6 nitrogen and oxygen atoms in total. The van der Waals surface area contributed by atoms with Gasteiger partial charge < -0.3 is 14.7 Å². The van der Waals surface area contributed by atoms with Crippen molar-refractivity contribution in [3.63, 3.8) is 0 Å². The minimum absolute atomic E-state index is 0.0473. The van der Waals surface area contributed by atoms with Gasteiger partial charge in [-0.2, -0.15) is 13.2 Å². The molecule has 2 aliphatic heterocycles. The van der Waals surface area contributed by atoms with Crippen molar-refractivity contribution in [3.05, 3.63) is 5.01 Å². The SMILES string of the molecule is C[C@H]1C[C@@H](C(=O)N2CCCN(c3nnc(C(F)(F)F)s3)CC2)CCN1C. The minimum atomic E-state index is -4.46. The highest BCUT2D eigenvalue weighted by molar-refractivity contribution is 7.15. The third-order valence-corrected chi connectivity index (χ3v) is 6.32. The zero-order valence-electron chi connectivity index (χ0n) is 15.0. The van der Waals surface area contributed by atoms with Crippen molar-refractivity contribution in [3.8, 4) is 0 Å². The number of carbonyl (C=O) groups excluding carboxylic acids is 1. The smallest absolute Gasteiger partial charge is 0.345 e. The molecule has 0 saturated carbocycles. The molecule has 1 amide bonds. The second-order valence-corrected chi connectivity index (χ2v) is 8.06. The van der Waals surface area contributed by atoms with Crippen molar-refractivity contribution in [1.82, 2.24) is 20.0 Å². The topological polar surface area (TPSA) is 52.6 Å². The molecule has 0 radical (unpaired) electrons. The van der Waals surface area contributed by atoms with Crippen molar-refractivity contribution < 1.29 is 18.0 Å². The highest BCUT2D eigenvalue weighted by Crippen LogP contribution is 2.34. The van der Waals surface area contributed by atoms with Crippen molar-refractivity contribution in [2.24, 2.45) is 5.92 Å². The first kappa shape index (κ1) is 19.3. The van der Waals surface area contributed by atoms with Gasteiger partial charge in [-0.1, -0.05) is 11.3 Å². The summed E-state index contributed by atoms with van der Waals surface area (Å²) in [6.45, 7) is 5.28. The van der Waals surface area contributed by atoms with Crippen molar-refractivity contribution in [1.29, 1.82) is 0 Å². The number of halogens is 3. The van der Waals surface area contributed by atoms with Crippen LogP contribution in [0.15, 0.2) is 0 Å². The number of alkyl halides is 3. The quantitative estimate of drug-likeness (QED) is 0.775. The number of piperidine rings is 1. The molecule has 1 aromatic rings.